The maximum absolute atomic E-state index is 12.8. The van der Waals surface area contributed by atoms with E-state index in [0.29, 0.717) is 19.3 Å². The molecular formula is C63H98O6. The molecule has 0 aromatic carbocycles. The maximum atomic E-state index is 12.8. The Bertz CT molecular complexity index is 1560. The van der Waals surface area contributed by atoms with Gasteiger partial charge in [0.2, 0.25) is 0 Å². The summed E-state index contributed by atoms with van der Waals surface area (Å²) in [4.78, 5) is 38.0. The Morgan fingerprint density at radius 3 is 1.00 bits per heavy atom. The summed E-state index contributed by atoms with van der Waals surface area (Å²) >= 11 is 0. The van der Waals surface area contributed by atoms with E-state index in [2.05, 4.69) is 154 Å². The third kappa shape index (κ3) is 54.1. The summed E-state index contributed by atoms with van der Waals surface area (Å²) in [5.74, 6) is -1.11. The molecule has 386 valence electrons. The summed E-state index contributed by atoms with van der Waals surface area (Å²) in [6.45, 7) is 6.32. The summed E-state index contributed by atoms with van der Waals surface area (Å²) in [6, 6.07) is 0. The highest BCUT2D eigenvalue weighted by Crippen LogP contribution is 2.11. The monoisotopic (exact) mass is 951 g/mol. The fourth-order valence-electron chi connectivity index (χ4n) is 6.72. The first-order valence-corrected chi connectivity index (χ1v) is 27.3. The minimum absolute atomic E-state index is 0.140. The lowest BCUT2D eigenvalue weighted by Gasteiger charge is -2.18. The van der Waals surface area contributed by atoms with Crippen LogP contribution in [0.1, 0.15) is 213 Å². The molecule has 0 N–H and O–H groups in total. The zero-order valence-electron chi connectivity index (χ0n) is 44.0. The van der Waals surface area contributed by atoms with Gasteiger partial charge in [-0.05, 0) is 128 Å². The molecule has 0 saturated heterocycles. The van der Waals surface area contributed by atoms with Crippen molar-refractivity contribution in [3.63, 3.8) is 0 Å². The Labute approximate surface area is 423 Å². The van der Waals surface area contributed by atoms with Crippen LogP contribution in [-0.4, -0.2) is 37.2 Å². The highest BCUT2D eigenvalue weighted by Gasteiger charge is 2.19. The Morgan fingerprint density at radius 1 is 0.304 bits per heavy atom. The van der Waals surface area contributed by atoms with Crippen molar-refractivity contribution in [1.82, 2.24) is 0 Å². The lowest BCUT2D eigenvalue weighted by Crippen LogP contribution is -2.30. The maximum Gasteiger partial charge on any atom is 0.306 e. The summed E-state index contributed by atoms with van der Waals surface area (Å²) < 4.78 is 16.7. The second-order valence-corrected chi connectivity index (χ2v) is 17.4. The van der Waals surface area contributed by atoms with Gasteiger partial charge in [-0.15, -0.1) is 0 Å². The number of hydrogen-bond acceptors (Lipinski definition) is 6. The third-order valence-corrected chi connectivity index (χ3v) is 10.8. The molecule has 0 aliphatic carbocycles. The zero-order chi connectivity index (χ0) is 50.0. The normalized spacial score (nSPS) is 13.3. The van der Waals surface area contributed by atoms with Crippen LogP contribution in [0, 0.1) is 0 Å². The van der Waals surface area contributed by atoms with Crippen molar-refractivity contribution in [3.05, 3.63) is 146 Å². The molecule has 0 amide bonds. The van der Waals surface area contributed by atoms with E-state index in [-0.39, 0.29) is 38.0 Å². The third-order valence-electron chi connectivity index (χ3n) is 10.8. The Morgan fingerprint density at radius 2 is 0.609 bits per heavy atom. The Balaban J connectivity index is 4.65. The van der Waals surface area contributed by atoms with Crippen molar-refractivity contribution in [2.24, 2.45) is 0 Å². The topological polar surface area (TPSA) is 78.9 Å². The summed E-state index contributed by atoms with van der Waals surface area (Å²) in [7, 11) is 0. The van der Waals surface area contributed by atoms with Gasteiger partial charge in [0, 0.05) is 19.3 Å². The first-order chi connectivity index (χ1) is 34.0. The fourth-order valence-corrected chi connectivity index (χ4v) is 6.72. The lowest BCUT2D eigenvalue weighted by molar-refractivity contribution is -0.166. The van der Waals surface area contributed by atoms with E-state index in [0.717, 1.165) is 109 Å². The van der Waals surface area contributed by atoms with Crippen LogP contribution >= 0.6 is 0 Å². The summed E-state index contributed by atoms with van der Waals surface area (Å²) in [6.07, 6.45) is 79.9. The second kappa shape index (κ2) is 55.9. The van der Waals surface area contributed by atoms with Crippen LogP contribution in [-0.2, 0) is 28.6 Å². The molecule has 0 heterocycles. The highest BCUT2D eigenvalue weighted by atomic mass is 16.6. The first kappa shape index (κ1) is 64.3. The number of carbonyl (C=O) groups excluding carboxylic acids is 3. The van der Waals surface area contributed by atoms with Crippen molar-refractivity contribution in [1.29, 1.82) is 0 Å². The van der Waals surface area contributed by atoms with Crippen LogP contribution in [0.5, 0.6) is 0 Å². The van der Waals surface area contributed by atoms with Gasteiger partial charge >= 0.3 is 17.9 Å². The van der Waals surface area contributed by atoms with Crippen LogP contribution in [0.4, 0.5) is 0 Å². The van der Waals surface area contributed by atoms with Crippen LogP contribution < -0.4 is 0 Å². The molecule has 0 unspecified atom stereocenters. The van der Waals surface area contributed by atoms with Gasteiger partial charge < -0.3 is 14.2 Å². The molecule has 6 nitrogen and oxygen atoms in total. The molecule has 0 aromatic heterocycles. The molecule has 0 fully saturated rings. The van der Waals surface area contributed by atoms with E-state index in [1.165, 1.54) is 51.4 Å². The van der Waals surface area contributed by atoms with Gasteiger partial charge in [-0.25, -0.2) is 0 Å². The van der Waals surface area contributed by atoms with Crippen molar-refractivity contribution in [3.8, 4) is 0 Å². The molecule has 0 aromatic rings. The van der Waals surface area contributed by atoms with Gasteiger partial charge in [-0.1, -0.05) is 212 Å². The van der Waals surface area contributed by atoms with Gasteiger partial charge in [0.05, 0.1) is 0 Å². The lowest BCUT2D eigenvalue weighted by atomic mass is 10.1. The van der Waals surface area contributed by atoms with E-state index >= 15 is 0 Å². The minimum Gasteiger partial charge on any atom is -0.462 e. The van der Waals surface area contributed by atoms with Crippen molar-refractivity contribution >= 4 is 17.9 Å². The molecule has 0 rings (SSSR count). The molecular weight excluding hydrogens is 853 g/mol. The van der Waals surface area contributed by atoms with E-state index in [4.69, 9.17) is 14.2 Å². The number of allylic oxidation sites excluding steroid dienone is 24. The quantitative estimate of drug-likeness (QED) is 0.0262. The zero-order valence-corrected chi connectivity index (χ0v) is 44.0. The van der Waals surface area contributed by atoms with Gasteiger partial charge in [-0.2, -0.15) is 0 Å². The molecule has 0 aliphatic rings. The average molecular weight is 951 g/mol. The molecule has 0 bridgehead atoms. The van der Waals surface area contributed by atoms with Gasteiger partial charge in [0.15, 0.2) is 6.10 Å². The van der Waals surface area contributed by atoms with E-state index in [1.54, 1.807) is 0 Å². The van der Waals surface area contributed by atoms with E-state index in [1.807, 2.05) is 12.2 Å². The number of esters is 3. The first-order valence-electron chi connectivity index (χ1n) is 27.3. The van der Waals surface area contributed by atoms with E-state index in [9.17, 15) is 14.4 Å². The average Bonchev–Trinajstić information content (AvgIpc) is 3.35. The van der Waals surface area contributed by atoms with Crippen LogP contribution in [0.15, 0.2) is 146 Å². The van der Waals surface area contributed by atoms with E-state index < -0.39 is 12.1 Å². The van der Waals surface area contributed by atoms with Crippen molar-refractivity contribution in [2.45, 2.75) is 219 Å². The Kier molecular flexibility index (Phi) is 52.1. The predicted molar refractivity (Wildman–Crippen MR) is 297 cm³/mol. The molecule has 0 radical (unpaired) electrons. The Hall–Kier alpha value is -4.71. The van der Waals surface area contributed by atoms with Gasteiger partial charge in [0.1, 0.15) is 13.2 Å². The molecule has 69 heavy (non-hydrogen) atoms. The number of ether oxygens (including phenoxy) is 3. The van der Waals surface area contributed by atoms with Crippen LogP contribution in [0.2, 0.25) is 0 Å². The highest BCUT2D eigenvalue weighted by molar-refractivity contribution is 5.71. The largest absolute Gasteiger partial charge is 0.462 e. The molecule has 0 saturated carbocycles. The minimum atomic E-state index is -0.854. The number of rotatable bonds is 47. The van der Waals surface area contributed by atoms with Gasteiger partial charge in [-0.3, -0.25) is 14.4 Å². The van der Waals surface area contributed by atoms with Crippen LogP contribution in [0.25, 0.3) is 0 Å². The molecule has 1 atom stereocenters. The van der Waals surface area contributed by atoms with Crippen LogP contribution in [0.3, 0.4) is 0 Å². The fraction of sp³-hybridized carbons (Fsp3) is 0.571. The SMILES string of the molecule is CC/C=C\C/C=C\C/C=C\CCCCCCCC(=O)OC[C@H](COC(=O)CCC/C=C\C/C=C\C/C=C\C/C=C\CCCCC)OC(=O)CC/C=C\C/C=C\C/C=C\C/C=C\C/C=C\CCCCC. The predicted octanol–water partition coefficient (Wildman–Crippen LogP) is 18.4. The summed E-state index contributed by atoms with van der Waals surface area (Å²) in [5.41, 5.74) is 0. The second-order valence-electron chi connectivity index (χ2n) is 17.4. The number of unbranched alkanes of at least 4 members (excludes halogenated alkanes) is 12. The van der Waals surface area contributed by atoms with Gasteiger partial charge in [0.25, 0.3) is 0 Å². The number of hydrogen-bond donors (Lipinski definition) is 0. The standard InChI is InChI=1S/C63H98O6/c1-4-7-10-13-16-19-22-25-28-30-31-33-36-39-42-45-48-51-54-57-63(66)69-60(58-67-61(64)55-52-49-46-43-40-37-34-27-24-21-18-15-12-9-6-3)59-68-62(65)56-53-50-47-44-41-38-35-32-29-26-23-20-17-14-11-8-5-2/h9,12,16-21,25-29,31,33-35,38-39,42,44,47-48,51,60H,4-8,10-11,13-15,22-24,30,32,36-37,40-41,43,45-46,49-50,52-59H2,1-3H3/b12-9-,19-16-,20-17-,21-18-,28-25-,29-26-,33-31-,34-27-,38-35-,42-39-,47-44-,51-48-/t60-/m1/s1. The molecule has 0 aliphatic heterocycles. The smallest absolute Gasteiger partial charge is 0.306 e. The summed E-state index contributed by atoms with van der Waals surface area (Å²) in [5, 5.41) is 0. The van der Waals surface area contributed by atoms with Crippen molar-refractivity contribution in [2.75, 3.05) is 13.2 Å². The van der Waals surface area contributed by atoms with Crippen molar-refractivity contribution < 1.29 is 28.6 Å². The number of carbonyl (C=O) groups is 3. The molecule has 0 spiro atoms. The molecule has 6 heteroatoms.